The first kappa shape index (κ1) is 17.4. The number of nitrogens with two attached hydrogens (primary N) is 1. The molecule has 19 heavy (non-hydrogen) atoms. The summed E-state index contributed by atoms with van der Waals surface area (Å²) in [6.07, 6.45) is 1.87. The third kappa shape index (κ3) is 12.7. The number of esters is 1. The number of rotatable bonds is 8. The number of nitrogens with one attached hydrogen (secondary N) is 1. The summed E-state index contributed by atoms with van der Waals surface area (Å²) in [7, 11) is 0. The molecule has 2 amide bonds. The van der Waals surface area contributed by atoms with E-state index in [0.717, 1.165) is 0 Å². The standard InChI is InChI=1S/C13H24N2O4/c1-13(2,3)19-12(18)8-7-11(17)15-9-5-4-6-10(14)16/h4-9H2,1-3H3,(H2,14,16)(H,15,17). The van der Waals surface area contributed by atoms with Crippen molar-refractivity contribution in [3.8, 4) is 0 Å². The highest BCUT2D eigenvalue weighted by Crippen LogP contribution is 2.08. The van der Waals surface area contributed by atoms with E-state index >= 15 is 0 Å². The second kappa shape index (κ2) is 8.50. The van der Waals surface area contributed by atoms with Crippen LogP contribution in [0.4, 0.5) is 0 Å². The number of carbonyl (C=O) groups is 3. The summed E-state index contributed by atoms with van der Waals surface area (Å²) < 4.78 is 5.09. The molecule has 0 atom stereocenters. The summed E-state index contributed by atoms with van der Waals surface area (Å²) in [5.74, 6) is -0.905. The predicted molar refractivity (Wildman–Crippen MR) is 71.1 cm³/mol. The van der Waals surface area contributed by atoms with Crippen molar-refractivity contribution in [1.82, 2.24) is 5.32 Å². The lowest BCUT2D eigenvalue weighted by molar-refractivity contribution is -0.155. The first-order chi connectivity index (χ1) is 8.70. The number of primary amides is 1. The van der Waals surface area contributed by atoms with E-state index < -0.39 is 5.60 Å². The molecule has 110 valence electrons. The summed E-state index contributed by atoms with van der Waals surface area (Å²) in [5.41, 5.74) is 4.46. The van der Waals surface area contributed by atoms with Gasteiger partial charge in [-0.1, -0.05) is 0 Å². The average molecular weight is 272 g/mol. The molecule has 0 saturated carbocycles. The number of ether oxygens (including phenoxy) is 1. The van der Waals surface area contributed by atoms with Crippen molar-refractivity contribution in [2.45, 2.75) is 58.5 Å². The molecule has 0 spiro atoms. The number of carbonyl (C=O) groups excluding carboxylic acids is 3. The van der Waals surface area contributed by atoms with Crippen molar-refractivity contribution in [2.24, 2.45) is 5.73 Å². The fraction of sp³-hybridized carbons (Fsp3) is 0.769. The predicted octanol–water partition coefficient (Wildman–Crippen LogP) is 0.880. The minimum Gasteiger partial charge on any atom is -0.460 e. The third-order valence-electron chi connectivity index (χ3n) is 2.15. The molecule has 0 aromatic rings. The summed E-state index contributed by atoms with van der Waals surface area (Å²) in [5, 5.41) is 2.68. The van der Waals surface area contributed by atoms with Gasteiger partial charge in [0.2, 0.25) is 11.8 Å². The molecule has 0 bridgehead atoms. The van der Waals surface area contributed by atoms with Gasteiger partial charge in [-0.2, -0.15) is 0 Å². The Labute approximate surface area is 114 Å². The Hall–Kier alpha value is -1.59. The number of unbranched alkanes of at least 4 members (excludes halogenated alkanes) is 1. The molecule has 0 unspecified atom stereocenters. The van der Waals surface area contributed by atoms with Gasteiger partial charge in [-0.05, 0) is 33.6 Å². The number of hydrogen-bond acceptors (Lipinski definition) is 4. The summed E-state index contributed by atoms with van der Waals surface area (Å²) in [4.78, 5) is 33.2. The first-order valence-electron chi connectivity index (χ1n) is 6.47. The van der Waals surface area contributed by atoms with Crippen molar-refractivity contribution in [3.05, 3.63) is 0 Å². The molecule has 0 aromatic heterocycles. The van der Waals surface area contributed by atoms with Crippen LogP contribution in [0.3, 0.4) is 0 Å². The van der Waals surface area contributed by atoms with Gasteiger partial charge < -0.3 is 15.8 Å². The van der Waals surface area contributed by atoms with Crippen LogP contribution in [0.2, 0.25) is 0 Å². The van der Waals surface area contributed by atoms with Gasteiger partial charge in [0.25, 0.3) is 0 Å². The Morgan fingerprint density at radius 2 is 1.68 bits per heavy atom. The van der Waals surface area contributed by atoms with Crippen molar-refractivity contribution in [2.75, 3.05) is 6.54 Å². The lowest BCUT2D eigenvalue weighted by Gasteiger charge is -2.19. The van der Waals surface area contributed by atoms with Crippen LogP contribution in [-0.2, 0) is 19.1 Å². The van der Waals surface area contributed by atoms with Crippen LogP contribution in [-0.4, -0.2) is 29.9 Å². The second-order valence-corrected chi connectivity index (χ2v) is 5.36. The topological polar surface area (TPSA) is 98.5 Å². The zero-order valence-electron chi connectivity index (χ0n) is 12.0. The molecule has 0 radical (unpaired) electrons. The smallest absolute Gasteiger partial charge is 0.306 e. The van der Waals surface area contributed by atoms with Gasteiger partial charge in [0.15, 0.2) is 0 Å². The zero-order valence-corrected chi connectivity index (χ0v) is 12.0. The number of amides is 2. The van der Waals surface area contributed by atoms with E-state index in [1.54, 1.807) is 20.8 Å². The van der Waals surface area contributed by atoms with Gasteiger partial charge in [0.1, 0.15) is 5.60 Å². The Kier molecular flexibility index (Phi) is 7.79. The van der Waals surface area contributed by atoms with Gasteiger partial charge in [0, 0.05) is 19.4 Å². The fourth-order valence-electron chi connectivity index (χ4n) is 1.35. The molecule has 0 aliphatic carbocycles. The summed E-state index contributed by atoms with van der Waals surface area (Å²) >= 11 is 0. The maximum absolute atomic E-state index is 11.4. The second-order valence-electron chi connectivity index (χ2n) is 5.36. The molecular formula is C13H24N2O4. The molecule has 0 fully saturated rings. The van der Waals surface area contributed by atoms with E-state index in [-0.39, 0.29) is 30.6 Å². The molecule has 3 N–H and O–H groups in total. The Morgan fingerprint density at radius 3 is 2.21 bits per heavy atom. The van der Waals surface area contributed by atoms with Crippen molar-refractivity contribution >= 4 is 17.8 Å². The molecule has 6 nitrogen and oxygen atoms in total. The van der Waals surface area contributed by atoms with Gasteiger partial charge >= 0.3 is 5.97 Å². The minimum absolute atomic E-state index is 0.0738. The molecule has 0 saturated heterocycles. The molecule has 6 heteroatoms. The third-order valence-corrected chi connectivity index (χ3v) is 2.15. The van der Waals surface area contributed by atoms with Gasteiger partial charge in [0.05, 0.1) is 6.42 Å². The van der Waals surface area contributed by atoms with Crippen molar-refractivity contribution in [1.29, 1.82) is 0 Å². The summed E-state index contributed by atoms with van der Waals surface area (Å²) in [6, 6.07) is 0. The average Bonchev–Trinajstić information content (AvgIpc) is 2.23. The van der Waals surface area contributed by atoms with Crippen LogP contribution in [0.1, 0.15) is 52.9 Å². The van der Waals surface area contributed by atoms with Crippen LogP contribution in [0.5, 0.6) is 0 Å². The highest BCUT2D eigenvalue weighted by Gasteiger charge is 2.16. The maximum Gasteiger partial charge on any atom is 0.306 e. The monoisotopic (exact) mass is 272 g/mol. The highest BCUT2D eigenvalue weighted by molar-refractivity contribution is 5.81. The minimum atomic E-state index is -0.525. The van der Waals surface area contributed by atoms with E-state index in [4.69, 9.17) is 10.5 Å². The van der Waals surface area contributed by atoms with Gasteiger partial charge in [-0.3, -0.25) is 14.4 Å². The fourth-order valence-corrected chi connectivity index (χ4v) is 1.35. The largest absolute Gasteiger partial charge is 0.460 e. The highest BCUT2D eigenvalue weighted by atomic mass is 16.6. The molecule has 0 aliphatic heterocycles. The molecular weight excluding hydrogens is 248 g/mol. The zero-order chi connectivity index (χ0) is 14.9. The Bertz CT molecular complexity index is 321. The van der Waals surface area contributed by atoms with Crippen LogP contribution in [0.25, 0.3) is 0 Å². The van der Waals surface area contributed by atoms with Crippen LogP contribution in [0.15, 0.2) is 0 Å². The van der Waals surface area contributed by atoms with Crippen molar-refractivity contribution in [3.63, 3.8) is 0 Å². The number of hydrogen-bond donors (Lipinski definition) is 2. The Balaban J connectivity index is 3.59. The maximum atomic E-state index is 11.4. The van der Waals surface area contributed by atoms with Crippen molar-refractivity contribution < 1.29 is 19.1 Å². The van der Waals surface area contributed by atoms with E-state index in [2.05, 4.69) is 5.32 Å². The molecule has 0 aliphatic rings. The van der Waals surface area contributed by atoms with Crippen LogP contribution >= 0.6 is 0 Å². The molecule has 0 rings (SSSR count). The lowest BCUT2D eigenvalue weighted by Crippen LogP contribution is -2.27. The first-order valence-corrected chi connectivity index (χ1v) is 6.47. The van der Waals surface area contributed by atoms with Crippen LogP contribution in [0, 0.1) is 0 Å². The normalized spacial score (nSPS) is 10.9. The van der Waals surface area contributed by atoms with E-state index in [1.807, 2.05) is 0 Å². The van der Waals surface area contributed by atoms with E-state index in [0.29, 0.717) is 25.8 Å². The lowest BCUT2D eigenvalue weighted by atomic mass is 10.2. The quantitative estimate of drug-likeness (QED) is 0.506. The van der Waals surface area contributed by atoms with E-state index in [9.17, 15) is 14.4 Å². The molecule has 0 aromatic carbocycles. The molecule has 0 heterocycles. The van der Waals surface area contributed by atoms with E-state index in [1.165, 1.54) is 0 Å². The van der Waals surface area contributed by atoms with Crippen LogP contribution < -0.4 is 11.1 Å². The Morgan fingerprint density at radius 1 is 1.05 bits per heavy atom. The SMILES string of the molecule is CC(C)(C)OC(=O)CCC(=O)NCCCCC(N)=O. The summed E-state index contributed by atoms with van der Waals surface area (Å²) in [6.45, 7) is 5.83. The van der Waals surface area contributed by atoms with Gasteiger partial charge in [-0.25, -0.2) is 0 Å². The van der Waals surface area contributed by atoms with Gasteiger partial charge in [-0.15, -0.1) is 0 Å².